The summed E-state index contributed by atoms with van der Waals surface area (Å²) in [6.07, 6.45) is -3.56. The van der Waals surface area contributed by atoms with Crippen LogP contribution in [0, 0.1) is 0 Å². The smallest absolute Gasteiger partial charge is 0.348 e. The lowest BCUT2D eigenvalue weighted by atomic mass is 10.2. The minimum Gasteiger partial charge on any atom is -0.348 e. The second kappa shape index (κ2) is 6.03. The van der Waals surface area contributed by atoms with E-state index in [4.69, 9.17) is 0 Å². The summed E-state index contributed by atoms with van der Waals surface area (Å²) in [5, 5.41) is 1.86. The number of alkyl halides is 4. The Morgan fingerprint density at radius 3 is 2.25 bits per heavy atom. The van der Waals surface area contributed by atoms with E-state index in [1.54, 1.807) is 19.0 Å². The topological polar surface area (TPSA) is 32.3 Å². The van der Waals surface area contributed by atoms with Crippen molar-refractivity contribution in [3.05, 3.63) is 0 Å². The summed E-state index contributed by atoms with van der Waals surface area (Å²) in [4.78, 5) is 12.6. The third-order valence-corrected chi connectivity index (χ3v) is 1.96. The molecule has 96 valence electrons. The Bertz CT molecular complexity index is 234. The van der Waals surface area contributed by atoms with Crippen LogP contribution in [0.1, 0.15) is 13.3 Å². The van der Waals surface area contributed by atoms with Crippen molar-refractivity contribution < 1.29 is 22.4 Å². The van der Waals surface area contributed by atoms with Gasteiger partial charge >= 0.3 is 12.3 Å². The van der Waals surface area contributed by atoms with Crippen molar-refractivity contribution in [2.45, 2.75) is 31.7 Å². The number of hydrogen-bond donors (Lipinski definition) is 1. The first-order chi connectivity index (χ1) is 7.17. The molecule has 1 unspecified atom stereocenters. The monoisotopic (exact) mass is 244 g/mol. The van der Waals surface area contributed by atoms with Crippen molar-refractivity contribution in [2.75, 3.05) is 20.6 Å². The highest BCUT2D eigenvalue weighted by Crippen LogP contribution is 2.22. The molecule has 0 saturated carbocycles. The average Bonchev–Trinajstić information content (AvgIpc) is 2.14. The van der Waals surface area contributed by atoms with Gasteiger partial charge in [-0.3, -0.25) is 4.79 Å². The number of halogens is 4. The summed E-state index contributed by atoms with van der Waals surface area (Å²) < 4.78 is 48.7. The van der Waals surface area contributed by atoms with Crippen LogP contribution in [-0.2, 0) is 4.79 Å². The van der Waals surface area contributed by atoms with Gasteiger partial charge in [-0.25, -0.2) is 8.78 Å². The Labute approximate surface area is 91.8 Å². The Kier molecular flexibility index (Phi) is 5.71. The second-order valence-corrected chi connectivity index (χ2v) is 3.89. The minimum atomic E-state index is -4.62. The highest BCUT2D eigenvalue weighted by Gasteiger charge is 2.49. The normalized spacial score (nSPS) is 14.3. The number of hydrogen-bond acceptors (Lipinski definition) is 2. The van der Waals surface area contributed by atoms with Crippen molar-refractivity contribution in [3.8, 4) is 0 Å². The number of nitrogens with zero attached hydrogens (tertiary/aromatic N) is 1. The Balaban J connectivity index is 4.14. The predicted octanol–water partition coefficient (Wildman–Crippen LogP) is 1.34. The number of carbonyl (C=O) groups is 1. The second-order valence-electron chi connectivity index (χ2n) is 3.89. The molecule has 1 atom stereocenters. The third kappa shape index (κ3) is 4.78. The van der Waals surface area contributed by atoms with Crippen LogP contribution < -0.4 is 5.32 Å². The fourth-order valence-electron chi connectivity index (χ4n) is 0.943. The van der Waals surface area contributed by atoms with Gasteiger partial charge < -0.3 is 10.2 Å². The van der Waals surface area contributed by atoms with Crippen molar-refractivity contribution in [2.24, 2.45) is 0 Å². The molecular weight excluding hydrogens is 228 g/mol. The van der Waals surface area contributed by atoms with Gasteiger partial charge in [-0.1, -0.05) is 0 Å². The maximum atomic E-state index is 12.5. The van der Waals surface area contributed by atoms with Crippen molar-refractivity contribution in [1.82, 2.24) is 10.2 Å². The summed E-state index contributed by atoms with van der Waals surface area (Å²) in [7, 11) is 3.56. The third-order valence-electron chi connectivity index (χ3n) is 1.96. The molecule has 0 aliphatic carbocycles. The molecule has 0 aliphatic rings. The lowest BCUT2D eigenvalue weighted by Crippen LogP contribution is -2.48. The van der Waals surface area contributed by atoms with Crippen LogP contribution in [0.5, 0.6) is 0 Å². The van der Waals surface area contributed by atoms with E-state index in [9.17, 15) is 22.4 Å². The van der Waals surface area contributed by atoms with E-state index >= 15 is 0 Å². The summed E-state index contributed by atoms with van der Waals surface area (Å²) in [6.45, 7) is 2.06. The molecule has 0 radical (unpaired) electrons. The zero-order valence-corrected chi connectivity index (χ0v) is 9.44. The lowest BCUT2D eigenvalue weighted by molar-refractivity contribution is -0.170. The molecule has 7 heteroatoms. The first-order valence-electron chi connectivity index (χ1n) is 4.79. The molecule has 0 aliphatic heterocycles. The molecule has 0 aromatic heterocycles. The first kappa shape index (κ1) is 15.2. The van der Waals surface area contributed by atoms with Gasteiger partial charge in [-0.15, -0.1) is 0 Å². The molecule has 0 aromatic carbocycles. The van der Waals surface area contributed by atoms with E-state index in [0.29, 0.717) is 13.0 Å². The number of carbonyl (C=O) groups excluding carboxylic acids is 1. The minimum absolute atomic E-state index is 0.415. The highest BCUT2D eigenvalue weighted by atomic mass is 19.3. The molecule has 0 heterocycles. The van der Waals surface area contributed by atoms with Crippen LogP contribution in [0.4, 0.5) is 17.6 Å². The summed E-state index contributed by atoms with van der Waals surface area (Å²) in [5.41, 5.74) is 0. The van der Waals surface area contributed by atoms with Crippen molar-refractivity contribution in [1.29, 1.82) is 0 Å². The van der Waals surface area contributed by atoms with E-state index in [1.807, 2.05) is 5.32 Å². The molecule has 1 N–H and O–H groups in total. The molecule has 0 bridgehead atoms. The Morgan fingerprint density at radius 1 is 1.38 bits per heavy atom. The van der Waals surface area contributed by atoms with Crippen LogP contribution in [0.15, 0.2) is 0 Å². The SMILES string of the molecule is CC(CCN(C)C)NC(=O)C(F)(F)C(F)F. The van der Waals surface area contributed by atoms with Gasteiger partial charge in [0.1, 0.15) is 0 Å². The molecule has 0 rings (SSSR count). The lowest BCUT2D eigenvalue weighted by Gasteiger charge is -2.20. The van der Waals surface area contributed by atoms with E-state index in [0.717, 1.165) is 0 Å². The fraction of sp³-hybridized carbons (Fsp3) is 0.889. The molecule has 1 amide bonds. The summed E-state index contributed by atoms with van der Waals surface area (Å²) in [6, 6.07) is -0.570. The molecular formula is C9H16F4N2O. The van der Waals surface area contributed by atoms with Gasteiger partial charge in [0.25, 0.3) is 5.91 Å². The van der Waals surface area contributed by atoms with Crippen molar-refractivity contribution >= 4 is 5.91 Å². The van der Waals surface area contributed by atoms with Gasteiger partial charge in [0.05, 0.1) is 0 Å². The van der Waals surface area contributed by atoms with E-state index in [-0.39, 0.29) is 0 Å². The number of amides is 1. The largest absolute Gasteiger partial charge is 0.383 e. The zero-order chi connectivity index (χ0) is 12.9. The predicted molar refractivity (Wildman–Crippen MR) is 51.7 cm³/mol. The maximum Gasteiger partial charge on any atom is 0.383 e. The van der Waals surface area contributed by atoms with E-state index in [1.165, 1.54) is 6.92 Å². The molecule has 0 fully saturated rings. The van der Waals surface area contributed by atoms with Gasteiger partial charge in [0, 0.05) is 6.04 Å². The summed E-state index contributed by atoms with van der Waals surface area (Å²) in [5.74, 6) is -6.54. The van der Waals surface area contributed by atoms with Crippen LogP contribution in [0.2, 0.25) is 0 Å². The molecule has 0 saturated heterocycles. The molecule has 16 heavy (non-hydrogen) atoms. The maximum absolute atomic E-state index is 12.5. The van der Waals surface area contributed by atoms with Crippen LogP contribution >= 0.6 is 0 Å². The standard InChI is InChI=1S/C9H16F4N2O/c1-6(4-5-15(2)3)14-8(16)9(12,13)7(10)11/h6-7H,4-5H2,1-3H3,(H,14,16). The molecule has 3 nitrogen and oxygen atoms in total. The van der Waals surface area contributed by atoms with Crippen LogP contribution in [0.3, 0.4) is 0 Å². The van der Waals surface area contributed by atoms with E-state index < -0.39 is 24.3 Å². The van der Waals surface area contributed by atoms with Gasteiger partial charge in [-0.05, 0) is 34.0 Å². The molecule has 0 spiro atoms. The van der Waals surface area contributed by atoms with E-state index in [2.05, 4.69) is 0 Å². The molecule has 0 aromatic rings. The van der Waals surface area contributed by atoms with Gasteiger partial charge in [0.2, 0.25) is 0 Å². The Morgan fingerprint density at radius 2 is 1.88 bits per heavy atom. The summed E-state index contributed by atoms with van der Waals surface area (Å²) >= 11 is 0. The van der Waals surface area contributed by atoms with Gasteiger partial charge in [0.15, 0.2) is 0 Å². The quantitative estimate of drug-likeness (QED) is 0.715. The fourth-order valence-corrected chi connectivity index (χ4v) is 0.943. The zero-order valence-electron chi connectivity index (χ0n) is 9.44. The van der Waals surface area contributed by atoms with Crippen molar-refractivity contribution in [3.63, 3.8) is 0 Å². The van der Waals surface area contributed by atoms with Gasteiger partial charge in [-0.2, -0.15) is 8.78 Å². The van der Waals surface area contributed by atoms with Crippen LogP contribution in [-0.4, -0.2) is 49.8 Å². The highest BCUT2D eigenvalue weighted by molar-refractivity contribution is 5.84. The average molecular weight is 244 g/mol. The van der Waals surface area contributed by atoms with Crippen LogP contribution in [0.25, 0.3) is 0 Å². The Hall–Kier alpha value is -0.850. The first-order valence-corrected chi connectivity index (χ1v) is 4.79. The number of rotatable bonds is 6. The number of nitrogens with one attached hydrogen (secondary N) is 1.